The Balaban J connectivity index is 1.64. The van der Waals surface area contributed by atoms with Crippen molar-refractivity contribution < 1.29 is 18.3 Å². The number of aromatic carboxylic acids is 1. The molecule has 1 atom stereocenters. The van der Waals surface area contributed by atoms with E-state index >= 15 is 0 Å². The molecule has 0 spiro atoms. The second-order valence-electron chi connectivity index (χ2n) is 6.51. The summed E-state index contributed by atoms with van der Waals surface area (Å²) in [7, 11) is -3.45. The molecule has 0 aliphatic carbocycles. The molecule has 1 heterocycles. The highest BCUT2D eigenvalue weighted by Gasteiger charge is 2.30. The number of hydrogen-bond donors (Lipinski definition) is 2. The number of carboxylic acid groups (broad SMARTS) is 1. The fourth-order valence-electron chi connectivity index (χ4n) is 3.17. The molecule has 1 aliphatic rings. The quantitative estimate of drug-likeness (QED) is 0.812. The van der Waals surface area contributed by atoms with Gasteiger partial charge in [-0.25, -0.2) is 13.2 Å². The van der Waals surface area contributed by atoms with Crippen LogP contribution in [-0.2, 0) is 16.6 Å². The van der Waals surface area contributed by atoms with E-state index in [1.807, 2.05) is 6.07 Å². The van der Waals surface area contributed by atoms with Crippen molar-refractivity contribution in [2.45, 2.75) is 24.6 Å². The van der Waals surface area contributed by atoms with E-state index in [0.717, 1.165) is 18.5 Å². The van der Waals surface area contributed by atoms with E-state index in [1.54, 1.807) is 48.5 Å². The highest BCUT2D eigenvalue weighted by Crippen LogP contribution is 2.21. The normalized spacial score (nSPS) is 18.4. The van der Waals surface area contributed by atoms with Gasteiger partial charge in [-0.05, 0) is 49.2 Å². The lowest BCUT2D eigenvalue weighted by molar-refractivity contribution is 0.0697. The van der Waals surface area contributed by atoms with Crippen molar-refractivity contribution in [2.24, 2.45) is 0 Å². The van der Waals surface area contributed by atoms with E-state index in [4.69, 9.17) is 5.11 Å². The molecular formula is C19H22N2O4S. The van der Waals surface area contributed by atoms with Crippen LogP contribution in [0.1, 0.15) is 28.8 Å². The number of anilines is 1. The third-order valence-corrected chi connectivity index (χ3v) is 6.32. The van der Waals surface area contributed by atoms with Gasteiger partial charge in [0.1, 0.15) is 0 Å². The van der Waals surface area contributed by atoms with Crippen LogP contribution in [0.15, 0.2) is 54.6 Å². The lowest BCUT2D eigenvalue weighted by Crippen LogP contribution is -2.43. The molecule has 2 aromatic rings. The highest BCUT2D eigenvalue weighted by molar-refractivity contribution is 7.93. The minimum absolute atomic E-state index is 0.250. The average Bonchev–Trinajstić information content (AvgIpc) is 2.63. The van der Waals surface area contributed by atoms with Crippen LogP contribution >= 0.6 is 0 Å². The second-order valence-corrected chi connectivity index (χ2v) is 8.48. The molecule has 0 saturated carbocycles. The van der Waals surface area contributed by atoms with E-state index in [2.05, 4.69) is 9.62 Å². The summed E-state index contributed by atoms with van der Waals surface area (Å²) < 4.78 is 28.0. The number of nitrogens with zero attached hydrogens (tertiary/aromatic N) is 1. The Morgan fingerprint density at radius 2 is 1.81 bits per heavy atom. The summed E-state index contributed by atoms with van der Waals surface area (Å²) in [6.45, 7) is 1.90. The van der Waals surface area contributed by atoms with Crippen LogP contribution in [0.5, 0.6) is 0 Å². The van der Waals surface area contributed by atoms with Gasteiger partial charge in [-0.3, -0.25) is 9.62 Å². The topological polar surface area (TPSA) is 86.7 Å². The molecular weight excluding hydrogens is 352 g/mol. The number of piperidine rings is 1. The van der Waals surface area contributed by atoms with Gasteiger partial charge in [0.05, 0.1) is 10.8 Å². The van der Waals surface area contributed by atoms with Crippen LogP contribution in [0.3, 0.4) is 0 Å². The first kappa shape index (κ1) is 18.4. The van der Waals surface area contributed by atoms with Gasteiger partial charge in [-0.15, -0.1) is 0 Å². The van der Waals surface area contributed by atoms with Crippen molar-refractivity contribution >= 4 is 21.7 Å². The van der Waals surface area contributed by atoms with E-state index in [1.165, 1.54) is 0 Å². The van der Waals surface area contributed by atoms with Crippen molar-refractivity contribution in [3.8, 4) is 0 Å². The molecule has 0 bridgehead atoms. The largest absolute Gasteiger partial charge is 0.478 e. The summed E-state index contributed by atoms with van der Waals surface area (Å²) >= 11 is 0. The molecule has 0 radical (unpaired) electrons. The van der Waals surface area contributed by atoms with E-state index < -0.39 is 21.2 Å². The number of rotatable bonds is 6. The molecule has 26 heavy (non-hydrogen) atoms. The Morgan fingerprint density at radius 3 is 2.46 bits per heavy atom. The molecule has 138 valence electrons. The standard InChI is InChI=1S/C19H22N2O4S/c22-19(23)16-10-8-15(9-11-16)13-21-12-4-7-18(14-21)26(24,25)20-17-5-2-1-3-6-17/h1-3,5-6,8-11,18,20H,4,7,12-14H2,(H,22,23). The summed E-state index contributed by atoms with van der Waals surface area (Å²) in [6.07, 6.45) is 1.45. The second kappa shape index (κ2) is 7.88. The first-order chi connectivity index (χ1) is 12.4. The molecule has 0 aromatic heterocycles. The number of benzene rings is 2. The van der Waals surface area contributed by atoms with Gasteiger partial charge in [-0.1, -0.05) is 30.3 Å². The van der Waals surface area contributed by atoms with Crippen molar-refractivity contribution in [3.63, 3.8) is 0 Å². The maximum absolute atomic E-state index is 12.7. The number of sulfonamides is 1. The van der Waals surface area contributed by atoms with E-state index in [9.17, 15) is 13.2 Å². The summed E-state index contributed by atoms with van der Waals surface area (Å²) in [6, 6.07) is 15.6. The Hall–Kier alpha value is -2.38. The smallest absolute Gasteiger partial charge is 0.335 e. The van der Waals surface area contributed by atoms with Gasteiger partial charge in [0.25, 0.3) is 0 Å². The van der Waals surface area contributed by atoms with Crippen molar-refractivity contribution in [3.05, 3.63) is 65.7 Å². The number of carboxylic acids is 1. The molecule has 1 aliphatic heterocycles. The summed E-state index contributed by atoms with van der Waals surface area (Å²) in [5.41, 5.74) is 1.80. The van der Waals surface area contributed by atoms with Crippen LogP contribution in [0.4, 0.5) is 5.69 Å². The predicted molar refractivity (Wildman–Crippen MR) is 101 cm³/mol. The number of carbonyl (C=O) groups is 1. The van der Waals surface area contributed by atoms with Gasteiger partial charge in [-0.2, -0.15) is 0 Å². The Kier molecular flexibility index (Phi) is 5.58. The van der Waals surface area contributed by atoms with Gasteiger partial charge in [0, 0.05) is 18.8 Å². The Morgan fingerprint density at radius 1 is 1.12 bits per heavy atom. The van der Waals surface area contributed by atoms with Gasteiger partial charge in [0.15, 0.2) is 0 Å². The first-order valence-electron chi connectivity index (χ1n) is 8.55. The average molecular weight is 374 g/mol. The molecule has 2 N–H and O–H groups in total. The zero-order valence-electron chi connectivity index (χ0n) is 14.3. The number of nitrogens with one attached hydrogen (secondary N) is 1. The first-order valence-corrected chi connectivity index (χ1v) is 10.1. The summed E-state index contributed by atoms with van der Waals surface area (Å²) in [5, 5.41) is 8.50. The van der Waals surface area contributed by atoms with Gasteiger partial charge in [0.2, 0.25) is 10.0 Å². The Bertz CT molecular complexity index is 851. The van der Waals surface area contributed by atoms with Crippen molar-refractivity contribution in [2.75, 3.05) is 17.8 Å². The van der Waals surface area contributed by atoms with Crippen LogP contribution in [0.2, 0.25) is 0 Å². The maximum Gasteiger partial charge on any atom is 0.335 e. The van der Waals surface area contributed by atoms with Crippen molar-refractivity contribution in [1.29, 1.82) is 0 Å². The van der Waals surface area contributed by atoms with Crippen LogP contribution in [-0.4, -0.2) is 42.7 Å². The minimum atomic E-state index is -3.45. The third kappa shape index (κ3) is 4.62. The maximum atomic E-state index is 12.7. The predicted octanol–water partition coefficient (Wildman–Crippen LogP) is 2.79. The summed E-state index contributed by atoms with van der Waals surface area (Å²) in [5.74, 6) is -0.951. The van der Waals surface area contributed by atoms with E-state index in [0.29, 0.717) is 25.2 Å². The van der Waals surface area contributed by atoms with Crippen LogP contribution in [0, 0.1) is 0 Å². The molecule has 2 aromatic carbocycles. The number of likely N-dealkylation sites (tertiary alicyclic amines) is 1. The lowest BCUT2D eigenvalue weighted by atomic mass is 10.1. The molecule has 3 rings (SSSR count). The number of hydrogen-bond acceptors (Lipinski definition) is 4. The van der Waals surface area contributed by atoms with Crippen LogP contribution < -0.4 is 4.72 Å². The van der Waals surface area contributed by atoms with Crippen molar-refractivity contribution in [1.82, 2.24) is 4.90 Å². The summed E-state index contributed by atoms with van der Waals surface area (Å²) in [4.78, 5) is 13.0. The lowest BCUT2D eigenvalue weighted by Gasteiger charge is -2.32. The fraction of sp³-hybridized carbons (Fsp3) is 0.316. The highest BCUT2D eigenvalue weighted by atomic mass is 32.2. The fourth-order valence-corrected chi connectivity index (χ4v) is 4.69. The molecule has 0 amide bonds. The van der Waals surface area contributed by atoms with Gasteiger partial charge < -0.3 is 5.11 Å². The Labute approximate surface area is 153 Å². The molecule has 1 unspecified atom stereocenters. The minimum Gasteiger partial charge on any atom is -0.478 e. The molecule has 6 nitrogen and oxygen atoms in total. The van der Waals surface area contributed by atoms with Crippen LogP contribution in [0.25, 0.3) is 0 Å². The van der Waals surface area contributed by atoms with E-state index in [-0.39, 0.29) is 5.56 Å². The van der Waals surface area contributed by atoms with Gasteiger partial charge >= 0.3 is 5.97 Å². The SMILES string of the molecule is O=C(O)c1ccc(CN2CCCC(S(=O)(=O)Nc3ccccc3)C2)cc1. The molecule has 1 saturated heterocycles. The zero-order chi connectivity index (χ0) is 18.6. The number of para-hydroxylation sites is 1. The molecule has 1 fully saturated rings. The zero-order valence-corrected chi connectivity index (χ0v) is 15.2. The third-order valence-electron chi connectivity index (χ3n) is 4.54. The monoisotopic (exact) mass is 374 g/mol. The molecule has 7 heteroatoms.